The van der Waals surface area contributed by atoms with Gasteiger partial charge in [-0.1, -0.05) is 51.5 Å². The van der Waals surface area contributed by atoms with Crippen molar-refractivity contribution in [1.82, 2.24) is 0 Å². The van der Waals surface area contributed by atoms with Crippen LogP contribution in [-0.2, 0) is 71.4 Å². The van der Waals surface area contributed by atoms with Crippen molar-refractivity contribution >= 4 is 10.4 Å². The zero-order valence-corrected chi connectivity index (χ0v) is 57.9. The first-order valence-corrected chi connectivity index (χ1v) is 34.3. The average molecular weight is 1400 g/mol. The molecule has 10 aliphatic rings. The van der Waals surface area contributed by atoms with Gasteiger partial charge >= 0.3 is 29.6 Å². The van der Waals surface area contributed by atoms with E-state index in [0.717, 1.165) is 18.4 Å². The van der Waals surface area contributed by atoms with Crippen LogP contribution < -0.4 is 29.6 Å². The van der Waals surface area contributed by atoms with Crippen LogP contribution in [0.25, 0.3) is 0 Å². The number of hydrogen-bond donors (Lipinski definition) is 15. The predicted molar refractivity (Wildman–Crippen MR) is 315 cm³/mol. The molecule has 4 aliphatic carbocycles. The van der Waals surface area contributed by atoms with Gasteiger partial charge in [-0.25, -0.2) is 8.42 Å². The second-order valence-corrected chi connectivity index (χ2v) is 30.0. The van der Waals surface area contributed by atoms with E-state index in [1.807, 2.05) is 6.92 Å². The SMILES string of the molecule is C=C(CC[C@](C)(O)C1CC[C@H]2C3C[C@H](O[C@@H]4O[C@H](C)[C@@H](O)[C@H](O[C@@H]5OC[C@@H](O[C@@H]6O[C@H](C)[C@H](O)[C@H](O)[C@H]6O[C@@H]6OC[C@H](O)[C@H](O[C@@H]7O[C@H](CO)[C@H](O)[C@H](O)[C@H]7O)[C@H]6O)[C@H](O)[C@H]5O[C@@H]5O[C@H](C)[C@@H](O)[C@H](O)[C@H]5O)[C@H]4O)[C@H]4C[C@@H](OS(=O)(=O)[O-])CC[C@]4(C)C3=CC[C@]12C)C(C)C.[Na+]. The third-order valence-corrected chi connectivity index (χ3v) is 23.1. The number of aliphatic hydroxyl groups excluding tert-OH is 14. The van der Waals surface area contributed by atoms with Gasteiger partial charge in [-0.05, 0) is 126 Å². The fraction of sp³-hybridized carbons (Fsp3) is 0.935. The average Bonchev–Trinajstić information content (AvgIpc) is 1.68. The van der Waals surface area contributed by atoms with Crippen molar-refractivity contribution in [2.24, 2.45) is 40.4 Å². The Balaban J connectivity index is 0.0000106. The van der Waals surface area contributed by atoms with Crippen molar-refractivity contribution in [1.29, 1.82) is 0 Å². The molecule has 0 amide bonds. The molecule has 6 saturated heterocycles. The van der Waals surface area contributed by atoms with Crippen molar-refractivity contribution in [2.75, 3.05) is 19.8 Å². The van der Waals surface area contributed by atoms with Crippen LogP contribution in [0, 0.1) is 40.4 Å². The fourth-order valence-electron chi connectivity index (χ4n) is 16.8. The summed E-state index contributed by atoms with van der Waals surface area (Å²) in [6, 6.07) is 0. The van der Waals surface area contributed by atoms with Gasteiger partial charge in [0, 0.05) is 0 Å². The van der Waals surface area contributed by atoms with Crippen LogP contribution in [0.1, 0.15) is 113 Å². The summed E-state index contributed by atoms with van der Waals surface area (Å²) in [5.41, 5.74) is 0.208. The summed E-state index contributed by atoms with van der Waals surface area (Å²) in [6.45, 7) is 16.7. The number of hydrogen-bond acceptors (Lipinski definition) is 31. The van der Waals surface area contributed by atoms with E-state index in [9.17, 15) is 89.6 Å². The topological polar surface area (TPSA) is 481 Å². The number of rotatable bonds is 20. The number of aliphatic hydroxyl groups is 15. The van der Waals surface area contributed by atoms with Crippen LogP contribution in [0.4, 0.5) is 0 Å². The molecule has 0 bridgehead atoms. The minimum atomic E-state index is -5.13. The molecular weight excluding hydrogens is 1300 g/mol. The summed E-state index contributed by atoms with van der Waals surface area (Å²) < 4.78 is 114. The predicted octanol–water partition coefficient (Wildman–Crippen LogP) is -6.56. The minimum Gasteiger partial charge on any atom is -0.726 e. The fourth-order valence-corrected chi connectivity index (χ4v) is 17.3. The van der Waals surface area contributed by atoms with Crippen molar-refractivity contribution < 1.29 is 180 Å². The summed E-state index contributed by atoms with van der Waals surface area (Å²) in [5.74, 6) is -0.392. The van der Waals surface area contributed by atoms with E-state index in [1.54, 1.807) is 0 Å². The molecule has 0 aromatic rings. The third-order valence-electron chi connectivity index (χ3n) is 22.6. The van der Waals surface area contributed by atoms with Crippen molar-refractivity contribution in [2.45, 2.75) is 303 Å². The molecule has 2 unspecified atom stereocenters. The monoisotopic (exact) mass is 1400 g/mol. The maximum atomic E-state index is 12.5. The molecule has 542 valence electrons. The smallest absolute Gasteiger partial charge is 0.726 e. The zero-order valence-electron chi connectivity index (χ0n) is 55.1. The van der Waals surface area contributed by atoms with Gasteiger partial charge in [0.2, 0.25) is 10.4 Å². The zero-order chi connectivity index (χ0) is 68.7. The summed E-state index contributed by atoms with van der Waals surface area (Å²) in [4.78, 5) is 0. The van der Waals surface area contributed by atoms with Gasteiger partial charge in [-0.2, -0.15) is 0 Å². The van der Waals surface area contributed by atoms with Crippen molar-refractivity contribution in [3.05, 3.63) is 23.8 Å². The van der Waals surface area contributed by atoms with E-state index >= 15 is 0 Å². The number of allylic oxidation sites excluding steroid dienone is 3. The quantitative estimate of drug-likeness (QED) is 0.0233. The molecule has 0 aromatic carbocycles. The summed E-state index contributed by atoms with van der Waals surface area (Å²) >= 11 is 0. The van der Waals surface area contributed by atoms with Gasteiger partial charge in [0.05, 0.1) is 55.9 Å². The summed E-state index contributed by atoms with van der Waals surface area (Å²) in [6.07, 6.45) is -43.7. The molecule has 37 atom stereocenters. The van der Waals surface area contributed by atoms with E-state index in [2.05, 4.69) is 40.3 Å². The van der Waals surface area contributed by atoms with Crippen molar-refractivity contribution in [3.8, 4) is 0 Å². The van der Waals surface area contributed by atoms with Gasteiger partial charge in [-0.3, -0.25) is 4.18 Å². The molecule has 10 rings (SSSR count). The van der Waals surface area contributed by atoms with E-state index < -0.39 is 231 Å². The molecule has 6 aliphatic heterocycles. The Hall–Kier alpha value is -0.730. The Kier molecular flexibility index (Phi) is 25.5. The van der Waals surface area contributed by atoms with Crippen LogP contribution in [-0.4, -0.2) is 299 Å². The molecule has 6 heterocycles. The molecular formula is C62H101NaO31S. The second kappa shape index (κ2) is 30.9. The van der Waals surface area contributed by atoms with E-state index in [-0.39, 0.29) is 71.5 Å². The van der Waals surface area contributed by atoms with Gasteiger partial charge in [0.1, 0.15) is 116 Å². The Morgan fingerprint density at radius 1 is 0.621 bits per heavy atom. The standard InChI is InChI=1S/C62H102O31S.Na/c1-23(2)24(3)12-17-62(9,77)37-11-10-30-29-19-34(32-18-28(93-94(78,79)80)13-15-60(32,7)31(29)14-16-61(30,37)8)86-57-49(76)51(40(67)27(6)84-57)90-58-52(92-55-46(73)43(70)38(65)25(4)83-55)42(69)36(22-82-58)88-59-53(45(72)39(66)26(5)85-59)91-54-48(75)50(33(64)21-81-54)89-56-47(74)44(71)41(68)35(20-63)87-56;/h14,23,25-30,32-59,63-77H,3,10-13,15-22H2,1-2,4-9H3,(H,78,79,80);/q;+1/p-1/t25-,26-,27-,28+,29?,30+,32-,33+,34+,35-,36-,37?,38-,39+,40-,41+,42+,43+,44+,45+,46-,47-,48-,49-,50+,51+,52-,53-,54+,55+,56+,57+,58+,59+,60-,61+,62+;/m1./s1. The van der Waals surface area contributed by atoms with Crippen LogP contribution in [0.5, 0.6) is 0 Å². The first-order valence-electron chi connectivity index (χ1n) is 33.0. The Bertz CT molecular complexity index is 2700. The molecule has 9 fully saturated rings. The molecule has 3 saturated carbocycles. The van der Waals surface area contributed by atoms with E-state index in [1.165, 1.54) is 26.3 Å². The van der Waals surface area contributed by atoms with Crippen LogP contribution >= 0.6 is 0 Å². The third kappa shape index (κ3) is 15.9. The second-order valence-electron chi connectivity index (χ2n) is 29.0. The first kappa shape index (κ1) is 78.4. The molecule has 31 nitrogen and oxygen atoms in total. The summed E-state index contributed by atoms with van der Waals surface area (Å²) in [5, 5.41) is 168. The Labute approximate surface area is 574 Å². The van der Waals surface area contributed by atoms with E-state index in [4.69, 9.17) is 61.0 Å². The Morgan fingerprint density at radius 3 is 1.80 bits per heavy atom. The maximum Gasteiger partial charge on any atom is 1.00 e. The summed E-state index contributed by atoms with van der Waals surface area (Å²) in [7, 11) is -5.13. The van der Waals surface area contributed by atoms with Crippen LogP contribution in [0.2, 0.25) is 0 Å². The van der Waals surface area contributed by atoms with Gasteiger partial charge < -0.3 is 138 Å². The van der Waals surface area contributed by atoms with Crippen molar-refractivity contribution in [3.63, 3.8) is 0 Å². The number of ether oxygens (including phenoxy) is 12. The molecule has 0 radical (unpaired) electrons. The van der Waals surface area contributed by atoms with Gasteiger partial charge in [0.15, 0.2) is 37.7 Å². The molecule has 33 heteroatoms. The largest absolute Gasteiger partial charge is 1.00 e. The molecule has 0 aromatic heterocycles. The molecule has 95 heavy (non-hydrogen) atoms. The molecule has 0 spiro atoms. The van der Waals surface area contributed by atoms with Gasteiger partial charge in [0.25, 0.3) is 0 Å². The van der Waals surface area contributed by atoms with Crippen LogP contribution in [0.3, 0.4) is 0 Å². The van der Waals surface area contributed by atoms with E-state index in [0.29, 0.717) is 32.1 Å². The molecule has 15 N–H and O–H groups in total. The Morgan fingerprint density at radius 2 is 1.16 bits per heavy atom. The number of fused-ring (bicyclic) bond motifs is 5. The normalized spacial score (nSPS) is 51.1. The van der Waals surface area contributed by atoms with Gasteiger partial charge in [-0.15, -0.1) is 0 Å². The van der Waals surface area contributed by atoms with Crippen LogP contribution in [0.15, 0.2) is 23.8 Å². The first-order chi connectivity index (χ1) is 44.0. The minimum absolute atomic E-state index is 0. The maximum absolute atomic E-state index is 12.5.